The molecule has 0 aromatic carbocycles. The normalized spacial score (nSPS) is 12.1. The number of rotatable bonds is 7. The molecule has 0 bridgehead atoms. The molecule has 0 spiro atoms. The summed E-state index contributed by atoms with van der Waals surface area (Å²) >= 11 is 0. The Balaban J connectivity index is 2.29. The molecule has 0 fully saturated rings. The van der Waals surface area contributed by atoms with Gasteiger partial charge in [-0.2, -0.15) is 0 Å². The molecule has 1 unspecified atom stereocenters. The van der Waals surface area contributed by atoms with Crippen LogP contribution in [0.25, 0.3) is 0 Å². The van der Waals surface area contributed by atoms with Crippen LogP contribution in [0.3, 0.4) is 0 Å². The first-order valence-corrected chi connectivity index (χ1v) is 7.48. The summed E-state index contributed by atoms with van der Waals surface area (Å²) in [5, 5.41) is 3.50. The van der Waals surface area contributed by atoms with Gasteiger partial charge < -0.3 is 10.1 Å². The molecule has 1 N–H and O–H groups in total. The zero-order chi connectivity index (χ0) is 15.1. The quantitative estimate of drug-likeness (QED) is 0.848. The Morgan fingerprint density at radius 2 is 2.05 bits per heavy atom. The van der Waals surface area contributed by atoms with Crippen molar-refractivity contribution in [2.45, 2.75) is 33.2 Å². The summed E-state index contributed by atoms with van der Waals surface area (Å²) in [5.41, 5.74) is 3.32. The van der Waals surface area contributed by atoms with Crippen molar-refractivity contribution in [2.24, 2.45) is 0 Å². The van der Waals surface area contributed by atoms with Crippen molar-refractivity contribution in [3.8, 4) is 5.75 Å². The first kappa shape index (κ1) is 15.4. The Morgan fingerprint density at radius 3 is 2.76 bits per heavy atom. The van der Waals surface area contributed by atoms with E-state index in [1.807, 2.05) is 25.4 Å². The fourth-order valence-electron chi connectivity index (χ4n) is 2.27. The maximum atomic E-state index is 5.68. The van der Waals surface area contributed by atoms with Crippen LogP contribution in [-0.2, 0) is 0 Å². The second-order valence-electron chi connectivity index (χ2n) is 5.02. The highest BCUT2D eigenvalue weighted by molar-refractivity contribution is 5.34. The molecule has 2 rings (SSSR count). The molecule has 4 heteroatoms. The standard InChI is InChI=1S/C17H23N3O/c1-4-8-21-16-10-15(11-18-12-16)17(19-5-2)14-6-7-20-13(3)9-14/h6-7,9-12,17,19H,4-5,8H2,1-3H3. The third-order valence-corrected chi connectivity index (χ3v) is 3.20. The molecule has 0 saturated carbocycles. The van der Waals surface area contributed by atoms with Gasteiger partial charge in [0.25, 0.3) is 0 Å². The van der Waals surface area contributed by atoms with Crippen LogP contribution in [0.1, 0.15) is 43.1 Å². The molecule has 4 nitrogen and oxygen atoms in total. The number of nitrogens with zero attached hydrogens (tertiary/aromatic N) is 2. The molecule has 0 radical (unpaired) electrons. The lowest BCUT2D eigenvalue weighted by Crippen LogP contribution is -2.22. The van der Waals surface area contributed by atoms with E-state index in [-0.39, 0.29) is 6.04 Å². The minimum atomic E-state index is 0.106. The summed E-state index contributed by atoms with van der Waals surface area (Å²) in [4.78, 5) is 8.57. The summed E-state index contributed by atoms with van der Waals surface area (Å²) in [7, 11) is 0. The summed E-state index contributed by atoms with van der Waals surface area (Å²) in [5.74, 6) is 0.822. The Kier molecular flexibility index (Phi) is 5.69. The fraction of sp³-hybridized carbons (Fsp3) is 0.412. The number of hydrogen-bond acceptors (Lipinski definition) is 4. The largest absolute Gasteiger partial charge is 0.492 e. The van der Waals surface area contributed by atoms with E-state index in [9.17, 15) is 0 Å². The van der Waals surface area contributed by atoms with Crippen LogP contribution in [0.15, 0.2) is 36.8 Å². The van der Waals surface area contributed by atoms with E-state index in [4.69, 9.17) is 4.74 Å². The van der Waals surface area contributed by atoms with E-state index in [0.29, 0.717) is 6.61 Å². The molecule has 21 heavy (non-hydrogen) atoms. The van der Waals surface area contributed by atoms with Crippen LogP contribution in [0.4, 0.5) is 0 Å². The smallest absolute Gasteiger partial charge is 0.137 e. The SMILES string of the molecule is CCCOc1cncc(C(NCC)c2ccnc(C)c2)c1. The molecule has 1 atom stereocenters. The average Bonchev–Trinajstić information content (AvgIpc) is 2.51. The second kappa shape index (κ2) is 7.74. The topological polar surface area (TPSA) is 47.0 Å². The van der Waals surface area contributed by atoms with Crippen molar-refractivity contribution in [3.05, 3.63) is 53.6 Å². The van der Waals surface area contributed by atoms with Crippen LogP contribution >= 0.6 is 0 Å². The molecule has 0 amide bonds. The van der Waals surface area contributed by atoms with Crippen molar-refractivity contribution in [1.82, 2.24) is 15.3 Å². The number of nitrogens with one attached hydrogen (secondary N) is 1. The molecule has 112 valence electrons. The third kappa shape index (κ3) is 4.26. The molecular formula is C17H23N3O. The maximum absolute atomic E-state index is 5.68. The molecular weight excluding hydrogens is 262 g/mol. The van der Waals surface area contributed by atoms with E-state index in [1.165, 1.54) is 5.56 Å². The number of aromatic nitrogens is 2. The number of aryl methyl sites for hydroxylation is 1. The Hall–Kier alpha value is -1.94. The predicted molar refractivity (Wildman–Crippen MR) is 84.5 cm³/mol. The molecule has 0 aliphatic rings. The van der Waals surface area contributed by atoms with E-state index >= 15 is 0 Å². The minimum absolute atomic E-state index is 0.106. The van der Waals surface area contributed by atoms with Gasteiger partial charge in [0, 0.05) is 18.1 Å². The maximum Gasteiger partial charge on any atom is 0.137 e. The Bertz CT molecular complexity index is 571. The lowest BCUT2D eigenvalue weighted by Gasteiger charge is -2.19. The molecule has 0 aliphatic heterocycles. The fourth-order valence-corrected chi connectivity index (χ4v) is 2.27. The Labute approximate surface area is 126 Å². The summed E-state index contributed by atoms with van der Waals surface area (Å²) in [6, 6.07) is 6.31. The van der Waals surface area contributed by atoms with Crippen molar-refractivity contribution in [2.75, 3.05) is 13.2 Å². The van der Waals surface area contributed by atoms with Crippen LogP contribution < -0.4 is 10.1 Å². The average molecular weight is 285 g/mol. The van der Waals surface area contributed by atoms with E-state index in [1.54, 1.807) is 6.20 Å². The number of pyridine rings is 2. The summed E-state index contributed by atoms with van der Waals surface area (Å²) in [6.07, 6.45) is 6.49. The van der Waals surface area contributed by atoms with Crippen molar-refractivity contribution in [3.63, 3.8) is 0 Å². The second-order valence-corrected chi connectivity index (χ2v) is 5.02. The van der Waals surface area contributed by atoms with Gasteiger partial charge in [-0.3, -0.25) is 9.97 Å². The van der Waals surface area contributed by atoms with Gasteiger partial charge in [0.15, 0.2) is 0 Å². The predicted octanol–water partition coefficient (Wildman–Crippen LogP) is 3.27. The van der Waals surface area contributed by atoms with Gasteiger partial charge in [-0.25, -0.2) is 0 Å². The zero-order valence-corrected chi connectivity index (χ0v) is 13.0. The number of ether oxygens (including phenoxy) is 1. The summed E-state index contributed by atoms with van der Waals surface area (Å²) in [6.45, 7) is 7.80. The Morgan fingerprint density at radius 1 is 1.19 bits per heavy atom. The van der Waals surface area contributed by atoms with Crippen molar-refractivity contribution in [1.29, 1.82) is 0 Å². The lowest BCUT2D eigenvalue weighted by atomic mass is 10.0. The molecule has 2 aromatic rings. The molecule has 2 aromatic heterocycles. The van der Waals surface area contributed by atoms with Gasteiger partial charge >= 0.3 is 0 Å². The van der Waals surface area contributed by atoms with E-state index in [2.05, 4.69) is 41.3 Å². The minimum Gasteiger partial charge on any atom is -0.492 e. The first-order chi connectivity index (χ1) is 10.2. The van der Waals surface area contributed by atoms with Gasteiger partial charge in [0.2, 0.25) is 0 Å². The van der Waals surface area contributed by atoms with Gasteiger partial charge in [0.05, 0.1) is 18.8 Å². The van der Waals surface area contributed by atoms with Crippen LogP contribution in [0.5, 0.6) is 5.75 Å². The van der Waals surface area contributed by atoms with Gasteiger partial charge in [-0.1, -0.05) is 13.8 Å². The first-order valence-electron chi connectivity index (χ1n) is 7.48. The van der Waals surface area contributed by atoms with E-state index < -0.39 is 0 Å². The highest BCUT2D eigenvalue weighted by Gasteiger charge is 2.14. The lowest BCUT2D eigenvalue weighted by molar-refractivity contribution is 0.315. The van der Waals surface area contributed by atoms with Crippen LogP contribution in [0, 0.1) is 6.92 Å². The third-order valence-electron chi connectivity index (χ3n) is 3.20. The van der Waals surface area contributed by atoms with Gasteiger partial charge in [0.1, 0.15) is 5.75 Å². The summed E-state index contributed by atoms with van der Waals surface area (Å²) < 4.78 is 5.68. The molecule has 2 heterocycles. The highest BCUT2D eigenvalue weighted by Crippen LogP contribution is 2.24. The van der Waals surface area contributed by atoms with Crippen LogP contribution in [0.2, 0.25) is 0 Å². The van der Waals surface area contributed by atoms with Gasteiger partial charge in [-0.15, -0.1) is 0 Å². The molecule has 0 aliphatic carbocycles. The number of hydrogen-bond donors (Lipinski definition) is 1. The van der Waals surface area contributed by atoms with Crippen molar-refractivity contribution >= 4 is 0 Å². The molecule has 0 saturated heterocycles. The van der Waals surface area contributed by atoms with E-state index in [0.717, 1.165) is 30.0 Å². The highest BCUT2D eigenvalue weighted by atomic mass is 16.5. The van der Waals surface area contributed by atoms with Crippen molar-refractivity contribution < 1.29 is 4.74 Å². The van der Waals surface area contributed by atoms with Crippen LogP contribution in [-0.4, -0.2) is 23.1 Å². The zero-order valence-electron chi connectivity index (χ0n) is 13.0. The monoisotopic (exact) mass is 285 g/mol. The van der Waals surface area contributed by atoms with Gasteiger partial charge in [-0.05, 0) is 49.2 Å².